The fourth-order valence-corrected chi connectivity index (χ4v) is 9.72. The number of aromatic nitrogens is 2. The summed E-state index contributed by atoms with van der Waals surface area (Å²) in [5.74, 6) is 0.326. The summed E-state index contributed by atoms with van der Waals surface area (Å²) in [6.07, 6.45) is 9.60. The van der Waals surface area contributed by atoms with E-state index in [1.807, 2.05) is 6.07 Å². The number of benzene rings is 3. The molecule has 15 heteroatoms. The minimum atomic E-state index is -4.54. The first-order chi connectivity index (χ1) is 28.5. The van der Waals surface area contributed by atoms with Crippen LogP contribution in [-0.2, 0) is 21.2 Å². The van der Waals surface area contributed by atoms with Crippen LogP contribution < -0.4 is 19.7 Å². The van der Waals surface area contributed by atoms with Crippen molar-refractivity contribution in [2.45, 2.75) is 69.2 Å². The number of anilines is 2. The Hall–Kier alpha value is -5.51. The van der Waals surface area contributed by atoms with Gasteiger partial charge in [-0.2, -0.15) is 0 Å². The predicted octanol–water partition coefficient (Wildman–Crippen LogP) is 7.93. The van der Waals surface area contributed by atoms with E-state index >= 15 is 0 Å². The van der Waals surface area contributed by atoms with Gasteiger partial charge in [-0.1, -0.05) is 38.5 Å². The number of pyridine rings is 1. The Morgan fingerprint density at radius 1 is 1.02 bits per heavy atom. The Balaban J connectivity index is 1.02. The molecule has 1 atom stereocenters. The van der Waals surface area contributed by atoms with Crippen LogP contribution in [0.2, 0.25) is 0 Å². The van der Waals surface area contributed by atoms with Crippen LogP contribution in [0.5, 0.6) is 11.5 Å². The van der Waals surface area contributed by atoms with Crippen molar-refractivity contribution >= 4 is 44.0 Å². The van der Waals surface area contributed by atoms with Crippen molar-refractivity contribution in [1.82, 2.24) is 19.6 Å². The van der Waals surface area contributed by atoms with E-state index < -0.39 is 31.4 Å². The van der Waals surface area contributed by atoms with Gasteiger partial charge in [-0.05, 0) is 97.0 Å². The van der Waals surface area contributed by atoms with Crippen molar-refractivity contribution < 1.29 is 27.6 Å². The molecule has 0 spiro atoms. The molecule has 1 unspecified atom stereocenters. The molecule has 4 heterocycles. The molecule has 0 bridgehead atoms. The van der Waals surface area contributed by atoms with E-state index in [0.717, 1.165) is 69.0 Å². The fraction of sp³-hybridized carbons (Fsp3) is 0.409. The third-order valence-electron chi connectivity index (χ3n) is 11.9. The number of hydrogen-bond donors (Lipinski definition) is 3. The van der Waals surface area contributed by atoms with Crippen molar-refractivity contribution in [2.75, 3.05) is 56.2 Å². The minimum Gasteiger partial charge on any atom is -0.455 e. The van der Waals surface area contributed by atoms with Gasteiger partial charge < -0.3 is 24.7 Å². The molecule has 2 aromatic heterocycles. The standard InChI is InChI=1S/C44H51N7O7S/c1-29(2)35-7-5-8-37-36(35)6-3-4-9-40(37)50-20-18-49(19-21-50)32-10-12-38(42(25-32)58-33-24-31-14-17-45-43(31)47-28-33)44(52)48-59(55,56)34-11-13-39(41(26-34)51(53)54)46-27-30-15-22-57-23-16-30/h5,7-8,10-14,17,24-26,28-30,40,46H,3-4,6,9,15-16,18-23,27H2,1-2H3,(H,45,47)(H,48,52). The number of nitro groups is 1. The van der Waals surface area contributed by atoms with Crippen molar-refractivity contribution in [3.8, 4) is 11.5 Å². The lowest BCUT2D eigenvalue weighted by Gasteiger charge is -2.41. The van der Waals surface area contributed by atoms with Crippen molar-refractivity contribution in [1.29, 1.82) is 0 Å². The number of carbonyl (C=O) groups is 1. The van der Waals surface area contributed by atoms with E-state index in [2.05, 4.69) is 61.9 Å². The van der Waals surface area contributed by atoms with Crippen molar-refractivity contribution in [2.24, 2.45) is 5.92 Å². The maximum atomic E-state index is 13.9. The maximum Gasteiger partial charge on any atom is 0.293 e. The average Bonchev–Trinajstić information content (AvgIpc) is 3.60. The highest BCUT2D eigenvalue weighted by Gasteiger charge is 2.31. The molecule has 59 heavy (non-hydrogen) atoms. The van der Waals surface area contributed by atoms with Crippen LogP contribution >= 0.6 is 0 Å². The van der Waals surface area contributed by atoms with Gasteiger partial charge in [0.25, 0.3) is 21.6 Å². The van der Waals surface area contributed by atoms with Gasteiger partial charge in [0.2, 0.25) is 0 Å². The molecule has 2 saturated heterocycles. The van der Waals surface area contributed by atoms with Gasteiger partial charge in [-0.25, -0.2) is 18.1 Å². The van der Waals surface area contributed by atoms with Crippen LogP contribution in [0.1, 0.15) is 85.0 Å². The molecule has 1 amide bonds. The molecule has 310 valence electrons. The molecule has 5 aromatic rings. The molecule has 3 aliphatic rings. The topological polar surface area (TPSA) is 172 Å². The average molecular weight is 822 g/mol. The Morgan fingerprint density at radius 2 is 1.83 bits per heavy atom. The molecule has 0 radical (unpaired) electrons. The second-order valence-electron chi connectivity index (χ2n) is 16.0. The maximum absolute atomic E-state index is 13.9. The number of aromatic amines is 1. The van der Waals surface area contributed by atoms with Gasteiger partial charge in [0, 0.05) is 81.4 Å². The van der Waals surface area contributed by atoms with Crippen LogP contribution in [0.15, 0.2) is 84.0 Å². The summed E-state index contributed by atoms with van der Waals surface area (Å²) in [6.45, 7) is 9.52. The van der Waals surface area contributed by atoms with Crippen LogP contribution in [0, 0.1) is 16.0 Å². The zero-order valence-corrected chi connectivity index (χ0v) is 34.3. The van der Waals surface area contributed by atoms with Crippen LogP contribution in [-0.4, -0.2) is 80.1 Å². The summed E-state index contributed by atoms with van der Waals surface area (Å²) in [5.41, 5.74) is 5.71. The second kappa shape index (κ2) is 17.4. The number of nitrogens with one attached hydrogen (secondary N) is 3. The lowest BCUT2D eigenvalue weighted by molar-refractivity contribution is -0.384. The lowest BCUT2D eigenvalue weighted by atomic mass is 9.88. The van der Waals surface area contributed by atoms with Gasteiger partial charge in [0.05, 0.1) is 21.6 Å². The van der Waals surface area contributed by atoms with Crippen molar-refractivity contribution in [3.63, 3.8) is 0 Å². The predicted molar refractivity (Wildman–Crippen MR) is 227 cm³/mol. The monoisotopic (exact) mass is 821 g/mol. The van der Waals surface area contributed by atoms with Crippen LogP contribution in [0.25, 0.3) is 11.0 Å². The number of H-pyrrole nitrogens is 1. The first-order valence-electron chi connectivity index (χ1n) is 20.6. The number of carbonyl (C=O) groups excluding carboxylic acids is 1. The molecule has 14 nitrogen and oxygen atoms in total. The minimum absolute atomic E-state index is 0.0228. The highest BCUT2D eigenvalue weighted by Crippen LogP contribution is 2.39. The quantitative estimate of drug-likeness (QED) is 0.0634. The Morgan fingerprint density at radius 3 is 2.61 bits per heavy atom. The van der Waals surface area contributed by atoms with E-state index in [0.29, 0.717) is 43.1 Å². The van der Waals surface area contributed by atoms with Crippen LogP contribution in [0.3, 0.4) is 0 Å². The molecule has 2 aliphatic heterocycles. The molecule has 0 saturated carbocycles. The number of nitro benzene ring substituents is 1. The second-order valence-corrected chi connectivity index (χ2v) is 17.7. The molecule has 8 rings (SSSR count). The van der Waals surface area contributed by atoms with E-state index in [4.69, 9.17) is 9.47 Å². The number of nitrogens with zero attached hydrogens (tertiary/aromatic N) is 4. The SMILES string of the molecule is CC(C)c1cccc2c1CCCCC2N1CCN(c2ccc(C(=O)NS(=O)(=O)c3ccc(NCC4CCOCC4)c([N+](=O)[O-])c3)c(Oc3cnc4[nH]ccc4c3)c2)CC1. The smallest absolute Gasteiger partial charge is 0.293 e. The summed E-state index contributed by atoms with van der Waals surface area (Å²) in [7, 11) is -4.54. The fourth-order valence-electron chi connectivity index (χ4n) is 8.73. The molecule has 3 N–H and O–H groups in total. The first kappa shape index (κ1) is 40.3. The number of piperazine rings is 1. The van der Waals surface area contributed by atoms with Gasteiger partial charge in [-0.3, -0.25) is 19.8 Å². The summed E-state index contributed by atoms with van der Waals surface area (Å²) in [5, 5.41) is 16.0. The molecule has 2 fully saturated rings. The van der Waals surface area contributed by atoms with E-state index in [1.54, 1.807) is 30.5 Å². The zero-order valence-electron chi connectivity index (χ0n) is 33.5. The Bertz CT molecular complexity index is 2440. The molecule has 1 aliphatic carbocycles. The van der Waals surface area contributed by atoms with E-state index in [1.165, 1.54) is 47.9 Å². The van der Waals surface area contributed by atoms with E-state index in [9.17, 15) is 23.3 Å². The third-order valence-corrected chi connectivity index (χ3v) is 13.3. The highest BCUT2D eigenvalue weighted by atomic mass is 32.2. The summed E-state index contributed by atoms with van der Waals surface area (Å²) >= 11 is 0. The molecular formula is C44H51N7O7S. The number of rotatable bonds is 12. The third kappa shape index (κ3) is 8.92. The summed E-state index contributed by atoms with van der Waals surface area (Å²) in [6, 6.07) is 19.5. The summed E-state index contributed by atoms with van der Waals surface area (Å²) < 4.78 is 41.2. The normalized spacial score (nSPS) is 18.0. The zero-order chi connectivity index (χ0) is 41.1. The van der Waals surface area contributed by atoms with Gasteiger partial charge in [0.15, 0.2) is 0 Å². The first-order valence-corrected chi connectivity index (χ1v) is 22.1. The Labute approximate surface area is 344 Å². The highest BCUT2D eigenvalue weighted by molar-refractivity contribution is 7.90. The molecular weight excluding hydrogens is 771 g/mol. The van der Waals surface area contributed by atoms with Gasteiger partial charge in [0.1, 0.15) is 22.8 Å². The lowest BCUT2D eigenvalue weighted by Crippen LogP contribution is -2.47. The van der Waals surface area contributed by atoms with Gasteiger partial charge >= 0.3 is 0 Å². The van der Waals surface area contributed by atoms with Crippen LogP contribution in [0.4, 0.5) is 17.1 Å². The number of hydrogen-bond acceptors (Lipinski definition) is 11. The number of ether oxygens (including phenoxy) is 2. The largest absolute Gasteiger partial charge is 0.455 e. The van der Waals surface area contributed by atoms with Crippen molar-refractivity contribution in [3.05, 3.63) is 111 Å². The van der Waals surface area contributed by atoms with Gasteiger partial charge in [-0.15, -0.1) is 0 Å². The number of amides is 1. The van der Waals surface area contributed by atoms with E-state index in [-0.39, 0.29) is 22.9 Å². The Kier molecular flexibility index (Phi) is 11.9. The number of fused-ring (bicyclic) bond motifs is 2. The number of sulfonamides is 1. The summed E-state index contributed by atoms with van der Waals surface area (Å²) in [4.78, 5) is 37.3. The molecule has 3 aromatic carbocycles.